The summed E-state index contributed by atoms with van der Waals surface area (Å²) in [4.78, 5) is 4.53. The van der Waals surface area contributed by atoms with Crippen LogP contribution in [0.5, 0.6) is 5.75 Å². The number of benzene rings is 1. The van der Waals surface area contributed by atoms with Crippen LogP contribution in [0.4, 0.5) is 5.95 Å². The Morgan fingerprint density at radius 3 is 3.27 bits per heavy atom. The van der Waals surface area contributed by atoms with Gasteiger partial charge in [-0.05, 0) is 18.6 Å². The van der Waals surface area contributed by atoms with Gasteiger partial charge in [-0.15, -0.1) is 0 Å². The van der Waals surface area contributed by atoms with Crippen molar-refractivity contribution in [2.24, 2.45) is 0 Å². The third kappa shape index (κ3) is 1.25. The van der Waals surface area contributed by atoms with E-state index in [0.29, 0.717) is 0 Å². The summed E-state index contributed by atoms with van der Waals surface area (Å²) in [6.45, 7) is 2.06. The van der Waals surface area contributed by atoms with Gasteiger partial charge >= 0.3 is 0 Å². The van der Waals surface area contributed by atoms with Gasteiger partial charge in [-0.2, -0.15) is 0 Å². The molecule has 1 aromatic heterocycles. The number of anilines is 1. The summed E-state index contributed by atoms with van der Waals surface area (Å²) in [6.07, 6.45) is 1.16. The van der Waals surface area contributed by atoms with Crippen molar-refractivity contribution in [3.05, 3.63) is 18.2 Å². The van der Waals surface area contributed by atoms with Gasteiger partial charge in [-0.25, -0.2) is 4.98 Å². The van der Waals surface area contributed by atoms with Crippen molar-refractivity contribution < 1.29 is 4.74 Å². The lowest BCUT2D eigenvalue weighted by Crippen LogP contribution is -2.16. The van der Waals surface area contributed by atoms with Gasteiger partial charge in [-0.3, -0.25) is 0 Å². The van der Waals surface area contributed by atoms with Crippen molar-refractivity contribution in [3.8, 4) is 5.75 Å². The van der Waals surface area contributed by atoms with Gasteiger partial charge in [0.05, 0.1) is 18.1 Å². The number of nitrogens with zero attached hydrogens (tertiary/aromatic N) is 2. The Morgan fingerprint density at radius 1 is 1.47 bits per heavy atom. The SMILES string of the molecule is COc1ccc2c(c1)nc1n2CCCN1. The molecule has 0 unspecified atom stereocenters. The zero-order chi connectivity index (χ0) is 10.3. The van der Waals surface area contributed by atoms with E-state index in [9.17, 15) is 0 Å². The molecule has 1 aliphatic rings. The first-order valence-corrected chi connectivity index (χ1v) is 5.16. The van der Waals surface area contributed by atoms with Crippen molar-refractivity contribution in [2.45, 2.75) is 13.0 Å². The van der Waals surface area contributed by atoms with E-state index in [0.717, 1.165) is 36.7 Å². The highest BCUT2D eigenvalue weighted by Crippen LogP contribution is 2.25. The predicted octanol–water partition coefficient (Wildman–Crippen LogP) is 1.86. The van der Waals surface area contributed by atoms with Crippen LogP contribution in [-0.4, -0.2) is 23.2 Å². The number of ether oxygens (including phenoxy) is 1. The van der Waals surface area contributed by atoms with E-state index in [1.165, 1.54) is 5.52 Å². The quantitative estimate of drug-likeness (QED) is 0.769. The molecule has 0 bridgehead atoms. The minimum Gasteiger partial charge on any atom is -0.497 e. The summed E-state index contributed by atoms with van der Waals surface area (Å²) in [6, 6.07) is 6.02. The molecule has 15 heavy (non-hydrogen) atoms. The van der Waals surface area contributed by atoms with E-state index in [-0.39, 0.29) is 0 Å². The van der Waals surface area contributed by atoms with Crippen LogP contribution in [0.2, 0.25) is 0 Å². The molecule has 0 radical (unpaired) electrons. The maximum atomic E-state index is 5.18. The van der Waals surface area contributed by atoms with E-state index in [1.807, 2.05) is 12.1 Å². The summed E-state index contributed by atoms with van der Waals surface area (Å²) >= 11 is 0. The number of imidazole rings is 1. The lowest BCUT2D eigenvalue weighted by atomic mass is 10.3. The van der Waals surface area contributed by atoms with Crippen molar-refractivity contribution in [1.82, 2.24) is 9.55 Å². The maximum absolute atomic E-state index is 5.18. The Kier molecular flexibility index (Phi) is 1.80. The molecule has 0 amide bonds. The van der Waals surface area contributed by atoms with Crippen LogP contribution < -0.4 is 10.1 Å². The largest absolute Gasteiger partial charge is 0.497 e. The maximum Gasteiger partial charge on any atom is 0.203 e. The van der Waals surface area contributed by atoms with Gasteiger partial charge in [0.25, 0.3) is 0 Å². The monoisotopic (exact) mass is 203 g/mol. The Labute approximate surface area is 87.9 Å². The molecular weight excluding hydrogens is 190 g/mol. The van der Waals surface area contributed by atoms with Gasteiger partial charge < -0.3 is 14.6 Å². The average molecular weight is 203 g/mol. The second kappa shape index (κ2) is 3.15. The smallest absolute Gasteiger partial charge is 0.203 e. The summed E-state index contributed by atoms with van der Waals surface area (Å²) < 4.78 is 7.41. The zero-order valence-corrected chi connectivity index (χ0v) is 8.66. The molecule has 4 nitrogen and oxygen atoms in total. The molecule has 0 aliphatic carbocycles. The van der Waals surface area contributed by atoms with Crippen molar-refractivity contribution >= 4 is 17.0 Å². The molecule has 2 aromatic rings. The van der Waals surface area contributed by atoms with Crippen LogP contribution in [0.15, 0.2) is 18.2 Å². The molecule has 78 valence electrons. The molecule has 0 spiro atoms. The molecule has 1 aliphatic heterocycles. The van der Waals surface area contributed by atoms with Gasteiger partial charge in [0.15, 0.2) is 0 Å². The van der Waals surface area contributed by atoms with Gasteiger partial charge in [-0.1, -0.05) is 0 Å². The Morgan fingerprint density at radius 2 is 2.40 bits per heavy atom. The summed E-state index contributed by atoms with van der Waals surface area (Å²) in [5.74, 6) is 1.84. The third-order valence-electron chi connectivity index (χ3n) is 2.80. The molecule has 0 saturated carbocycles. The molecule has 0 saturated heterocycles. The van der Waals surface area contributed by atoms with E-state index in [1.54, 1.807) is 7.11 Å². The Balaban J connectivity index is 2.22. The number of nitrogens with one attached hydrogen (secondary N) is 1. The van der Waals surface area contributed by atoms with Gasteiger partial charge in [0, 0.05) is 19.2 Å². The lowest BCUT2D eigenvalue weighted by molar-refractivity contribution is 0.415. The standard InChI is InChI=1S/C11H13N3O/c1-15-8-3-4-10-9(7-8)13-11-12-5-2-6-14(10)11/h3-4,7H,2,5-6H2,1H3,(H,12,13). The first-order valence-electron chi connectivity index (χ1n) is 5.16. The van der Waals surface area contributed by atoms with Crippen LogP contribution in [0.1, 0.15) is 6.42 Å². The number of methoxy groups -OCH3 is 1. The molecule has 0 fully saturated rings. The number of aryl methyl sites for hydroxylation is 1. The van der Waals surface area contributed by atoms with E-state index >= 15 is 0 Å². The van der Waals surface area contributed by atoms with Gasteiger partial charge in [0.1, 0.15) is 5.75 Å². The minimum absolute atomic E-state index is 0.859. The first-order chi connectivity index (χ1) is 7.38. The first kappa shape index (κ1) is 8.59. The molecule has 4 heteroatoms. The highest BCUT2D eigenvalue weighted by molar-refractivity contribution is 5.80. The fourth-order valence-corrected chi connectivity index (χ4v) is 2.04. The lowest BCUT2D eigenvalue weighted by Gasteiger charge is -2.15. The molecule has 3 rings (SSSR count). The fraction of sp³-hybridized carbons (Fsp3) is 0.364. The molecule has 1 N–H and O–H groups in total. The molecule has 1 aromatic carbocycles. The number of rotatable bonds is 1. The second-order valence-corrected chi connectivity index (χ2v) is 3.72. The average Bonchev–Trinajstić information content (AvgIpc) is 2.66. The summed E-state index contributed by atoms with van der Waals surface area (Å²) in [7, 11) is 1.68. The van der Waals surface area contributed by atoms with Crippen LogP contribution >= 0.6 is 0 Å². The van der Waals surface area contributed by atoms with Gasteiger partial charge in [0.2, 0.25) is 5.95 Å². The highest BCUT2D eigenvalue weighted by Gasteiger charge is 2.13. The van der Waals surface area contributed by atoms with Crippen molar-refractivity contribution in [2.75, 3.05) is 19.0 Å². The predicted molar refractivity (Wildman–Crippen MR) is 59.4 cm³/mol. The van der Waals surface area contributed by atoms with Crippen LogP contribution in [0.25, 0.3) is 11.0 Å². The second-order valence-electron chi connectivity index (χ2n) is 3.72. The van der Waals surface area contributed by atoms with Crippen LogP contribution in [0, 0.1) is 0 Å². The van der Waals surface area contributed by atoms with Crippen molar-refractivity contribution in [3.63, 3.8) is 0 Å². The van der Waals surface area contributed by atoms with Crippen LogP contribution in [-0.2, 0) is 6.54 Å². The van der Waals surface area contributed by atoms with E-state index in [2.05, 4.69) is 20.9 Å². The minimum atomic E-state index is 0.859. The number of hydrogen-bond donors (Lipinski definition) is 1. The molecule has 2 heterocycles. The molecule has 0 atom stereocenters. The fourth-order valence-electron chi connectivity index (χ4n) is 2.04. The highest BCUT2D eigenvalue weighted by atomic mass is 16.5. The molecular formula is C11H13N3O. The number of fused-ring (bicyclic) bond motifs is 3. The third-order valence-corrected chi connectivity index (χ3v) is 2.80. The van der Waals surface area contributed by atoms with Crippen molar-refractivity contribution in [1.29, 1.82) is 0 Å². The number of hydrogen-bond acceptors (Lipinski definition) is 3. The Bertz CT molecular complexity index is 504. The van der Waals surface area contributed by atoms with Crippen LogP contribution in [0.3, 0.4) is 0 Å². The summed E-state index contributed by atoms with van der Waals surface area (Å²) in [5, 5.41) is 3.30. The van der Waals surface area contributed by atoms with E-state index in [4.69, 9.17) is 4.74 Å². The normalized spacial score (nSPS) is 14.7. The summed E-state index contributed by atoms with van der Waals surface area (Å²) in [5.41, 5.74) is 2.18. The Hall–Kier alpha value is -1.71. The van der Waals surface area contributed by atoms with E-state index < -0.39 is 0 Å². The topological polar surface area (TPSA) is 39.1 Å². The number of aromatic nitrogens is 2. The zero-order valence-electron chi connectivity index (χ0n) is 8.66.